The van der Waals surface area contributed by atoms with Crippen LogP contribution in [0.1, 0.15) is 36.6 Å². The van der Waals surface area contributed by atoms with E-state index in [1.165, 1.54) is 23.1 Å². The van der Waals surface area contributed by atoms with Crippen LogP contribution in [0.2, 0.25) is 5.02 Å². The van der Waals surface area contributed by atoms with Crippen molar-refractivity contribution >= 4 is 34.7 Å². The maximum atomic E-state index is 13.2. The average Bonchev–Trinajstić information content (AvgIpc) is 2.95. The van der Waals surface area contributed by atoms with Gasteiger partial charge >= 0.3 is 6.03 Å². The highest BCUT2D eigenvalue weighted by Crippen LogP contribution is 2.33. The van der Waals surface area contributed by atoms with Crippen LogP contribution in [-0.2, 0) is 0 Å². The van der Waals surface area contributed by atoms with E-state index in [4.69, 9.17) is 11.6 Å². The molecule has 0 spiro atoms. The van der Waals surface area contributed by atoms with Crippen molar-refractivity contribution < 1.29 is 9.18 Å². The molecule has 1 aliphatic heterocycles. The number of hydrogen-bond acceptors (Lipinski definition) is 2. The van der Waals surface area contributed by atoms with Crippen LogP contribution in [0.3, 0.4) is 0 Å². The highest BCUT2D eigenvalue weighted by Gasteiger charge is 2.27. The third kappa shape index (κ3) is 3.85. The highest BCUT2D eigenvalue weighted by molar-refractivity contribution is 7.10. The van der Waals surface area contributed by atoms with Crippen LogP contribution >= 0.6 is 22.9 Å². The predicted octanol–water partition coefficient (Wildman–Crippen LogP) is 5.69. The largest absolute Gasteiger partial charge is 0.322 e. The number of halogens is 2. The minimum atomic E-state index is -0.490. The Labute approximate surface area is 144 Å². The summed E-state index contributed by atoms with van der Waals surface area (Å²) < 4.78 is 13.2. The Morgan fingerprint density at radius 3 is 2.91 bits per heavy atom. The van der Waals surface area contributed by atoms with Gasteiger partial charge in [0.2, 0.25) is 0 Å². The summed E-state index contributed by atoms with van der Waals surface area (Å²) in [6.07, 6.45) is 4.22. The molecule has 3 rings (SSSR count). The topological polar surface area (TPSA) is 32.3 Å². The zero-order chi connectivity index (χ0) is 16.2. The maximum Gasteiger partial charge on any atom is 0.322 e. The van der Waals surface area contributed by atoms with Crippen LogP contribution in [-0.4, -0.2) is 17.5 Å². The number of urea groups is 1. The Kier molecular flexibility index (Phi) is 5.18. The van der Waals surface area contributed by atoms with Crippen molar-refractivity contribution in [2.24, 2.45) is 0 Å². The molecule has 0 bridgehead atoms. The molecule has 3 nitrogen and oxygen atoms in total. The quantitative estimate of drug-likeness (QED) is 0.739. The molecular weight excluding hydrogens is 335 g/mol. The average molecular weight is 353 g/mol. The van der Waals surface area contributed by atoms with E-state index in [0.29, 0.717) is 5.69 Å². The van der Waals surface area contributed by atoms with Crippen LogP contribution in [0.15, 0.2) is 35.7 Å². The summed E-state index contributed by atoms with van der Waals surface area (Å²) in [6, 6.07) is 8.26. The Balaban J connectivity index is 1.78. The summed E-state index contributed by atoms with van der Waals surface area (Å²) >= 11 is 7.46. The number of hydrogen-bond donors (Lipinski definition) is 1. The van der Waals surface area contributed by atoms with E-state index in [1.54, 1.807) is 11.3 Å². The molecule has 1 aromatic carbocycles. The first kappa shape index (κ1) is 16.3. The molecule has 2 aromatic rings. The van der Waals surface area contributed by atoms with Crippen molar-refractivity contribution in [2.75, 3.05) is 11.9 Å². The number of carbonyl (C=O) groups excluding carboxylic acids is 1. The summed E-state index contributed by atoms with van der Waals surface area (Å²) in [6.45, 7) is 0.726. The number of likely N-dealkylation sites (tertiary alicyclic amines) is 1. The van der Waals surface area contributed by atoms with Crippen molar-refractivity contribution in [2.45, 2.75) is 31.7 Å². The summed E-state index contributed by atoms with van der Waals surface area (Å²) in [7, 11) is 0. The standard InChI is InChI=1S/C17H18ClFN2OS/c18-13-11-12(7-8-14(13)19)20-17(22)21-9-3-1-2-5-15(21)16-6-4-10-23-16/h4,6-8,10-11,15H,1-3,5,9H2,(H,20,22)/t15-/m0/s1. The minimum Gasteiger partial charge on any atom is -0.317 e. The van der Waals surface area contributed by atoms with E-state index >= 15 is 0 Å². The maximum absolute atomic E-state index is 13.2. The second-order valence-corrected chi connectivity index (χ2v) is 7.02. The highest BCUT2D eigenvalue weighted by atomic mass is 35.5. The van der Waals surface area contributed by atoms with Crippen molar-refractivity contribution in [1.82, 2.24) is 4.90 Å². The van der Waals surface area contributed by atoms with Gasteiger partial charge in [0.15, 0.2) is 0 Å². The minimum absolute atomic E-state index is 0.00785. The lowest BCUT2D eigenvalue weighted by Gasteiger charge is -2.29. The van der Waals surface area contributed by atoms with E-state index in [1.807, 2.05) is 16.3 Å². The summed E-state index contributed by atoms with van der Waals surface area (Å²) in [5.74, 6) is -0.490. The van der Waals surface area contributed by atoms with Gasteiger partial charge in [0, 0.05) is 17.1 Å². The van der Waals surface area contributed by atoms with E-state index in [0.717, 1.165) is 32.2 Å². The van der Waals surface area contributed by atoms with Crippen molar-refractivity contribution in [3.63, 3.8) is 0 Å². The van der Waals surface area contributed by atoms with Crippen LogP contribution in [0.5, 0.6) is 0 Å². The smallest absolute Gasteiger partial charge is 0.317 e. The molecule has 0 unspecified atom stereocenters. The molecule has 23 heavy (non-hydrogen) atoms. The fourth-order valence-electron chi connectivity index (χ4n) is 2.90. The lowest BCUT2D eigenvalue weighted by Crippen LogP contribution is -2.37. The fourth-order valence-corrected chi connectivity index (χ4v) is 3.95. The Bertz CT molecular complexity index is 677. The van der Waals surface area contributed by atoms with Gasteiger partial charge in [-0.1, -0.05) is 30.5 Å². The zero-order valence-electron chi connectivity index (χ0n) is 12.6. The molecule has 0 aliphatic carbocycles. The molecule has 1 fully saturated rings. The predicted molar refractivity (Wildman–Crippen MR) is 92.7 cm³/mol. The first-order valence-corrected chi connectivity index (χ1v) is 8.97. The molecule has 2 heterocycles. The monoisotopic (exact) mass is 352 g/mol. The Morgan fingerprint density at radius 1 is 1.30 bits per heavy atom. The van der Waals surface area contributed by atoms with Gasteiger partial charge in [-0.15, -0.1) is 11.3 Å². The molecule has 122 valence electrons. The van der Waals surface area contributed by atoms with Gasteiger partial charge in [-0.05, 0) is 42.5 Å². The van der Waals surface area contributed by atoms with E-state index in [9.17, 15) is 9.18 Å². The molecule has 1 saturated heterocycles. The van der Waals surface area contributed by atoms with Gasteiger partial charge in [-0.3, -0.25) is 0 Å². The number of rotatable bonds is 2. The normalized spacial score (nSPS) is 18.5. The number of benzene rings is 1. The lowest BCUT2D eigenvalue weighted by molar-refractivity contribution is 0.190. The molecule has 1 N–H and O–H groups in total. The molecule has 0 saturated carbocycles. The number of nitrogens with zero attached hydrogens (tertiary/aromatic N) is 1. The van der Waals surface area contributed by atoms with Gasteiger partial charge in [0.05, 0.1) is 11.1 Å². The number of carbonyl (C=O) groups is 1. The first-order chi connectivity index (χ1) is 11.1. The van der Waals surface area contributed by atoms with Crippen LogP contribution < -0.4 is 5.32 Å². The van der Waals surface area contributed by atoms with E-state index < -0.39 is 5.82 Å². The Hall–Kier alpha value is -1.59. The molecule has 2 amide bonds. The van der Waals surface area contributed by atoms with Crippen molar-refractivity contribution in [1.29, 1.82) is 0 Å². The van der Waals surface area contributed by atoms with Crippen molar-refractivity contribution in [3.8, 4) is 0 Å². The van der Waals surface area contributed by atoms with Gasteiger partial charge < -0.3 is 10.2 Å². The van der Waals surface area contributed by atoms with Crippen molar-refractivity contribution in [3.05, 3.63) is 51.4 Å². The third-order valence-electron chi connectivity index (χ3n) is 4.06. The van der Waals surface area contributed by atoms with Gasteiger partial charge in [0.25, 0.3) is 0 Å². The fraction of sp³-hybridized carbons (Fsp3) is 0.353. The molecule has 0 radical (unpaired) electrons. The Morgan fingerprint density at radius 2 is 2.17 bits per heavy atom. The molecular formula is C17H18ClFN2OS. The van der Waals surface area contributed by atoms with Gasteiger partial charge in [-0.25, -0.2) is 9.18 Å². The van der Waals surface area contributed by atoms with Crippen LogP contribution in [0.4, 0.5) is 14.9 Å². The van der Waals surface area contributed by atoms with Gasteiger partial charge in [0.1, 0.15) is 5.82 Å². The van der Waals surface area contributed by atoms with Crippen LogP contribution in [0, 0.1) is 5.82 Å². The summed E-state index contributed by atoms with van der Waals surface area (Å²) in [5, 5.41) is 4.89. The van der Waals surface area contributed by atoms with E-state index in [2.05, 4.69) is 11.4 Å². The van der Waals surface area contributed by atoms with Gasteiger partial charge in [-0.2, -0.15) is 0 Å². The van der Waals surface area contributed by atoms with E-state index in [-0.39, 0.29) is 17.1 Å². The molecule has 1 aliphatic rings. The second-order valence-electron chi connectivity index (χ2n) is 5.63. The number of thiophene rings is 1. The second kappa shape index (κ2) is 7.32. The first-order valence-electron chi connectivity index (χ1n) is 7.71. The zero-order valence-corrected chi connectivity index (χ0v) is 14.2. The lowest BCUT2D eigenvalue weighted by atomic mass is 10.1. The molecule has 1 atom stereocenters. The number of nitrogens with one attached hydrogen (secondary N) is 1. The molecule has 1 aromatic heterocycles. The number of amides is 2. The SMILES string of the molecule is O=C(Nc1ccc(F)c(Cl)c1)N1CCCCC[C@H]1c1cccs1. The van der Waals surface area contributed by atoms with Crippen LogP contribution in [0.25, 0.3) is 0 Å². The number of anilines is 1. The summed E-state index contributed by atoms with van der Waals surface area (Å²) in [4.78, 5) is 15.8. The summed E-state index contributed by atoms with van der Waals surface area (Å²) in [5.41, 5.74) is 0.510. The third-order valence-corrected chi connectivity index (χ3v) is 5.32. The molecule has 6 heteroatoms.